The van der Waals surface area contributed by atoms with Gasteiger partial charge in [0.2, 0.25) is 0 Å². The molecule has 0 atom stereocenters. The maximum Gasteiger partial charge on any atom is 0.305 e. The zero-order valence-electron chi connectivity index (χ0n) is 16.9. The van der Waals surface area contributed by atoms with Gasteiger partial charge in [0, 0.05) is 34.6 Å². The molecule has 4 heterocycles. The van der Waals surface area contributed by atoms with Crippen LogP contribution in [0.2, 0.25) is 4.34 Å². The van der Waals surface area contributed by atoms with E-state index in [1.807, 2.05) is 6.07 Å². The third-order valence-electron chi connectivity index (χ3n) is 4.67. The van der Waals surface area contributed by atoms with Gasteiger partial charge in [-0.25, -0.2) is 0 Å². The number of halogens is 1. The van der Waals surface area contributed by atoms with Crippen molar-refractivity contribution in [3.63, 3.8) is 0 Å². The molecule has 170 valence electrons. The Morgan fingerprint density at radius 1 is 1.21 bits per heavy atom. The Labute approximate surface area is 200 Å². The molecule has 0 radical (unpaired) electrons. The van der Waals surface area contributed by atoms with Crippen molar-refractivity contribution in [1.29, 1.82) is 0 Å². The zero-order valence-corrected chi connectivity index (χ0v) is 19.3. The standard InChI is InChI=1S/C21H17ClN4O5S2/c22-17-2-1-14(33-17)9-23-18-8-15(24-26(18)20(30)12-4-6-32-11-12)13-7-16(27)21(31)25(10-13)5-3-19(28)29/h1-2,4,6-8,10-11,23,27H,3,5,9H2,(H,28,29). The fourth-order valence-corrected chi connectivity index (χ4v) is 4.73. The van der Waals surface area contributed by atoms with E-state index >= 15 is 0 Å². The number of carbonyl (C=O) groups excluding carboxylic acids is 1. The van der Waals surface area contributed by atoms with E-state index in [0.717, 1.165) is 9.44 Å². The van der Waals surface area contributed by atoms with E-state index in [1.165, 1.54) is 39.6 Å². The van der Waals surface area contributed by atoms with Crippen molar-refractivity contribution in [2.24, 2.45) is 0 Å². The number of nitrogens with one attached hydrogen (secondary N) is 1. The molecule has 0 aliphatic carbocycles. The van der Waals surface area contributed by atoms with Gasteiger partial charge in [-0.3, -0.25) is 14.4 Å². The van der Waals surface area contributed by atoms with Crippen molar-refractivity contribution < 1.29 is 19.8 Å². The summed E-state index contributed by atoms with van der Waals surface area (Å²) in [6.45, 7) is 0.289. The summed E-state index contributed by atoms with van der Waals surface area (Å²) in [5.74, 6) is -1.55. The van der Waals surface area contributed by atoms with Crippen LogP contribution >= 0.6 is 34.3 Å². The molecule has 9 nitrogen and oxygen atoms in total. The van der Waals surface area contributed by atoms with Gasteiger partial charge < -0.3 is 20.1 Å². The van der Waals surface area contributed by atoms with Crippen LogP contribution in [0, 0.1) is 0 Å². The Morgan fingerprint density at radius 3 is 2.70 bits per heavy atom. The van der Waals surface area contributed by atoms with E-state index in [-0.39, 0.29) is 18.9 Å². The molecule has 0 bridgehead atoms. The number of hydrogen-bond donors (Lipinski definition) is 3. The molecule has 0 aliphatic heterocycles. The number of aliphatic carboxylic acids is 1. The number of carboxylic acids is 1. The van der Waals surface area contributed by atoms with Crippen LogP contribution in [0.5, 0.6) is 5.75 Å². The van der Waals surface area contributed by atoms with Crippen molar-refractivity contribution in [2.75, 3.05) is 5.32 Å². The SMILES string of the molecule is O=C(O)CCn1cc(-c2cc(NCc3ccc(Cl)s3)n(C(=O)c3ccsc3)n2)cc(O)c1=O. The number of aryl methyl sites for hydroxylation is 1. The second-order valence-electron chi connectivity index (χ2n) is 6.96. The van der Waals surface area contributed by atoms with E-state index in [4.69, 9.17) is 16.7 Å². The predicted molar refractivity (Wildman–Crippen MR) is 127 cm³/mol. The van der Waals surface area contributed by atoms with Gasteiger partial charge in [-0.1, -0.05) is 11.6 Å². The maximum absolute atomic E-state index is 13.0. The van der Waals surface area contributed by atoms with Gasteiger partial charge in [-0.05, 0) is 29.6 Å². The molecule has 0 amide bonds. The first-order chi connectivity index (χ1) is 15.8. The van der Waals surface area contributed by atoms with Crippen molar-refractivity contribution in [3.8, 4) is 17.0 Å². The lowest BCUT2D eigenvalue weighted by Crippen LogP contribution is -2.21. The number of hydrogen-bond acceptors (Lipinski definition) is 8. The Morgan fingerprint density at radius 2 is 2.03 bits per heavy atom. The minimum absolute atomic E-state index is 0.117. The molecule has 4 aromatic heterocycles. The lowest BCUT2D eigenvalue weighted by Gasteiger charge is -2.07. The smallest absolute Gasteiger partial charge is 0.305 e. The highest BCUT2D eigenvalue weighted by Gasteiger charge is 2.19. The van der Waals surface area contributed by atoms with E-state index in [0.29, 0.717) is 33.5 Å². The quantitative estimate of drug-likeness (QED) is 0.331. The first-order valence-electron chi connectivity index (χ1n) is 9.62. The van der Waals surface area contributed by atoms with E-state index in [2.05, 4.69) is 10.4 Å². The largest absolute Gasteiger partial charge is 0.503 e. The molecule has 4 aromatic rings. The van der Waals surface area contributed by atoms with Gasteiger partial charge in [-0.2, -0.15) is 21.1 Å². The van der Waals surface area contributed by atoms with Gasteiger partial charge in [-0.15, -0.1) is 11.3 Å². The van der Waals surface area contributed by atoms with Gasteiger partial charge in [0.05, 0.1) is 28.6 Å². The molecule has 0 saturated carbocycles. The van der Waals surface area contributed by atoms with Crippen LogP contribution in [0.1, 0.15) is 21.7 Å². The summed E-state index contributed by atoms with van der Waals surface area (Å²) >= 11 is 8.79. The minimum atomic E-state index is -1.07. The Balaban J connectivity index is 1.72. The number of aromatic hydroxyl groups is 1. The normalized spacial score (nSPS) is 10.9. The van der Waals surface area contributed by atoms with E-state index in [1.54, 1.807) is 29.0 Å². The second-order valence-corrected chi connectivity index (χ2v) is 9.54. The van der Waals surface area contributed by atoms with Gasteiger partial charge in [0.1, 0.15) is 5.82 Å². The average Bonchev–Trinajstić information content (AvgIpc) is 3.53. The number of anilines is 1. The molecule has 3 N–H and O–H groups in total. The summed E-state index contributed by atoms with van der Waals surface area (Å²) < 4.78 is 2.98. The molecule has 0 unspecified atom stereocenters. The second kappa shape index (κ2) is 9.61. The van der Waals surface area contributed by atoms with Crippen LogP contribution < -0.4 is 10.9 Å². The van der Waals surface area contributed by atoms with Gasteiger partial charge >= 0.3 is 5.97 Å². The van der Waals surface area contributed by atoms with Crippen LogP contribution in [0.15, 0.2) is 52.1 Å². The number of pyridine rings is 1. The zero-order chi connectivity index (χ0) is 23.5. The van der Waals surface area contributed by atoms with E-state index < -0.39 is 17.3 Å². The molecular formula is C21H17ClN4O5S2. The van der Waals surface area contributed by atoms with Gasteiger partial charge in [0.25, 0.3) is 11.5 Å². The van der Waals surface area contributed by atoms with Crippen molar-refractivity contribution in [1.82, 2.24) is 14.3 Å². The van der Waals surface area contributed by atoms with Crippen LogP contribution in [0.3, 0.4) is 0 Å². The molecule has 12 heteroatoms. The molecule has 0 fully saturated rings. The summed E-state index contributed by atoms with van der Waals surface area (Å²) in [5.41, 5.74) is 0.439. The van der Waals surface area contributed by atoms with Crippen LogP contribution in [-0.4, -0.2) is 36.4 Å². The highest BCUT2D eigenvalue weighted by Crippen LogP contribution is 2.27. The number of nitrogens with zero attached hydrogens (tertiary/aromatic N) is 3. The lowest BCUT2D eigenvalue weighted by molar-refractivity contribution is -0.137. The third-order valence-corrected chi connectivity index (χ3v) is 6.59. The summed E-state index contributed by atoms with van der Waals surface area (Å²) in [7, 11) is 0. The van der Waals surface area contributed by atoms with Crippen LogP contribution in [-0.2, 0) is 17.9 Å². The van der Waals surface area contributed by atoms with Crippen molar-refractivity contribution in [2.45, 2.75) is 19.5 Å². The minimum Gasteiger partial charge on any atom is -0.503 e. The lowest BCUT2D eigenvalue weighted by atomic mass is 10.2. The molecule has 4 rings (SSSR count). The predicted octanol–water partition coefficient (Wildman–Crippen LogP) is 3.97. The summed E-state index contributed by atoms with van der Waals surface area (Å²) in [4.78, 5) is 37.1. The summed E-state index contributed by atoms with van der Waals surface area (Å²) in [6, 6.07) is 8.21. The Kier molecular flexibility index (Phi) is 6.63. The average molecular weight is 505 g/mol. The highest BCUT2D eigenvalue weighted by atomic mass is 35.5. The molecule has 0 saturated heterocycles. The molecule has 0 spiro atoms. The molecule has 0 aliphatic rings. The maximum atomic E-state index is 13.0. The van der Waals surface area contributed by atoms with E-state index in [9.17, 15) is 19.5 Å². The Hall–Kier alpha value is -3.41. The molecule has 33 heavy (non-hydrogen) atoms. The third kappa shape index (κ3) is 5.16. The monoisotopic (exact) mass is 504 g/mol. The number of rotatable bonds is 8. The van der Waals surface area contributed by atoms with Crippen LogP contribution in [0.25, 0.3) is 11.3 Å². The highest BCUT2D eigenvalue weighted by molar-refractivity contribution is 7.16. The molecule has 0 aromatic carbocycles. The fourth-order valence-electron chi connectivity index (χ4n) is 3.08. The number of aromatic nitrogens is 3. The van der Waals surface area contributed by atoms with Crippen molar-refractivity contribution >= 4 is 52.0 Å². The summed E-state index contributed by atoms with van der Waals surface area (Å²) in [5, 5.41) is 30.1. The molecular weight excluding hydrogens is 488 g/mol. The number of carbonyl (C=O) groups is 2. The topological polar surface area (TPSA) is 126 Å². The number of carboxylic acid groups (broad SMARTS) is 1. The fraction of sp³-hybridized carbons (Fsp3) is 0.143. The Bertz CT molecular complexity index is 1370. The van der Waals surface area contributed by atoms with Gasteiger partial charge in [0.15, 0.2) is 5.75 Å². The first kappa shape index (κ1) is 22.8. The van der Waals surface area contributed by atoms with Crippen molar-refractivity contribution in [3.05, 3.63) is 72.4 Å². The first-order valence-corrected chi connectivity index (χ1v) is 11.8. The van der Waals surface area contributed by atoms with Crippen LogP contribution in [0.4, 0.5) is 5.82 Å². The number of thiophene rings is 2. The summed E-state index contributed by atoms with van der Waals surface area (Å²) in [6.07, 6.45) is 1.12.